The van der Waals surface area contributed by atoms with E-state index in [4.69, 9.17) is 0 Å². The largest absolute Gasteiger partial charge is 0.268 e. The lowest BCUT2D eigenvalue weighted by Crippen LogP contribution is -2.29. The highest BCUT2D eigenvalue weighted by atomic mass is 127. The maximum Gasteiger partial charge on any atom is 0.266 e. The van der Waals surface area contributed by atoms with Gasteiger partial charge in [-0.25, -0.2) is 4.90 Å². The summed E-state index contributed by atoms with van der Waals surface area (Å²) in [5.41, 5.74) is 2.56. The van der Waals surface area contributed by atoms with Gasteiger partial charge in [0.1, 0.15) is 0 Å². The second-order valence-electron chi connectivity index (χ2n) is 4.47. The smallest absolute Gasteiger partial charge is 0.266 e. The molecule has 0 unspecified atom stereocenters. The summed E-state index contributed by atoms with van der Waals surface area (Å²) in [5, 5.41) is 0. The Labute approximate surface area is 124 Å². The molecule has 0 saturated carbocycles. The number of aryl methyl sites for hydroxylation is 1. The van der Waals surface area contributed by atoms with Crippen LogP contribution in [0.25, 0.3) is 0 Å². The molecule has 19 heavy (non-hydrogen) atoms. The molecular weight excluding hydrogens is 353 g/mol. The lowest BCUT2D eigenvalue weighted by atomic mass is 10.1. The zero-order valence-corrected chi connectivity index (χ0v) is 12.3. The van der Waals surface area contributed by atoms with Gasteiger partial charge < -0.3 is 0 Å². The number of imide groups is 1. The summed E-state index contributed by atoms with van der Waals surface area (Å²) in [4.78, 5) is 25.9. The van der Waals surface area contributed by atoms with Crippen LogP contribution in [0.5, 0.6) is 0 Å². The normalized spacial score (nSPS) is 13.9. The first-order valence-electron chi connectivity index (χ1n) is 5.83. The molecule has 0 fully saturated rings. The van der Waals surface area contributed by atoms with Crippen molar-refractivity contribution in [1.29, 1.82) is 0 Å². The summed E-state index contributed by atoms with van der Waals surface area (Å²) >= 11 is 2.19. The first kappa shape index (κ1) is 12.3. The van der Waals surface area contributed by atoms with Crippen LogP contribution in [0.15, 0.2) is 42.5 Å². The maximum atomic E-state index is 12.3. The maximum absolute atomic E-state index is 12.3. The van der Waals surface area contributed by atoms with E-state index in [0.29, 0.717) is 16.8 Å². The van der Waals surface area contributed by atoms with Crippen molar-refractivity contribution in [2.45, 2.75) is 6.92 Å². The Hall–Kier alpha value is -1.69. The third-order valence-corrected chi connectivity index (χ3v) is 3.85. The van der Waals surface area contributed by atoms with Crippen LogP contribution >= 0.6 is 22.6 Å². The van der Waals surface area contributed by atoms with Crippen LogP contribution in [0, 0.1) is 10.5 Å². The number of halogens is 1. The number of carbonyl (C=O) groups is 2. The zero-order chi connectivity index (χ0) is 13.6. The van der Waals surface area contributed by atoms with E-state index >= 15 is 0 Å². The van der Waals surface area contributed by atoms with E-state index in [1.165, 1.54) is 4.90 Å². The quantitative estimate of drug-likeness (QED) is 0.575. The van der Waals surface area contributed by atoms with Gasteiger partial charge in [0.05, 0.1) is 16.8 Å². The SMILES string of the molecule is Cc1ccc2c(c1)C(=O)N(c1ccc(I)cc1)C2=O. The molecule has 4 heteroatoms. The van der Waals surface area contributed by atoms with Crippen molar-refractivity contribution >= 4 is 40.1 Å². The molecule has 0 aliphatic carbocycles. The average molecular weight is 363 g/mol. The molecule has 2 amide bonds. The third kappa shape index (κ3) is 1.96. The van der Waals surface area contributed by atoms with Gasteiger partial charge in [0.2, 0.25) is 0 Å². The number of hydrogen-bond donors (Lipinski definition) is 0. The standard InChI is InChI=1S/C15H10INO2/c1-9-2-7-12-13(8-9)15(19)17(14(12)18)11-5-3-10(16)4-6-11/h2-8H,1H3. The first-order chi connectivity index (χ1) is 9.08. The highest BCUT2D eigenvalue weighted by molar-refractivity contribution is 14.1. The minimum absolute atomic E-state index is 0.245. The van der Waals surface area contributed by atoms with E-state index in [2.05, 4.69) is 22.6 Å². The highest BCUT2D eigenvalue weighted by Gasteiger charge is 2.36. The van der Waals surface area contributed by atoms with Crippen LogP contribution in [0.4, 0.5) is 5.69 Å². The molecule has 3 nitrogen and oxygen atoms in total. The number of carbonyl (C=O) groups excluding carboxylic acids is 2. The molecule has 0 bridgehead atoms. The molecule has 0 saturated heterocycles. The van der Waals surface area contributed by atoms with Gasteiger partial charge in [-0.3, -0.25) is 9.59 Å². The van der Waals surface area contributed by atoms with Crippen LogP contribution in [0.1, 0.15) is 26.3 Å². The van der Waals surface area contributed by atoms with Gasteiger partial charge >= 0.3 is 0 Å². The van der Waals surface area contributed by atoms with E-state index < -0.39 is 0 Å². The van der Waals surface area contributed by atoms with Gasteiger partial charge in [0.25, 0.3) is 11.8 Å². The van der Waals surface area contributed by atoms with Gasteiger partial charge in [-0.1, -0.05) is 11.6 Å². The Kier molecular flexibility index (Phi) is 2.89. The van der Waals surface area contributed by atoms with E-state index in [1.807, 2.05) is 25.1 Å². The van der Waals surface area contributed by atoms with E-state index in [0.717, 1.165) is 9.13 Å². The summed E-state index contributed by atoms with van der Waals surface area (Å²) in [7, 11) is 0. The molecule has 0 N–H and O–H groups in total. The number of nitrogens with zero attached hydrogens (tertiary/aromatic N) is 1. The molecule has 0 atom stereocenters. The fourth-order valence-corrected chi connectivity index (χ4v) is 2.54. The predicted octanol–water partition coefficient (Wildman–Crippen LogP) is 3.40. The Balaban J connectivity index is 2.10. The second kappa shape index (κ2) is 4.45. The van der Waals surface area contributed by atoms with Crippen molar-refractivity contribution in [1.82, 2.24) is 0 Å². The van der Waals surface area contributed by atoms with Crippen LogP contribution in [-0.2, 0) is 0 Å². The van der Waals surface area contributed by atoms with Crippen LogP contribution in [0.3, 0.4) is 0 Å². The Morgan fingerprint density at radius 2 is 1.53 bits per heavy atom. The minimum atomic E-state index is -0.249. The lowest BCUT2D eigenvalue weighted by Gasteiger charge is -2.13. The molecule has 1 aliphatic heterocycles. The van der Waals surface area contributed by atoms with Crippen molar-refractivity contribution in [3.63, 3.8) is 0 Å². The number of hydrogen-bond acceptors (Lipinski definition) is 2. The minimum Gasteiger partial charge on any atom is -0.268 e. The van der Waals surface area contributed by atoms with Gasteiger partial charge in [-0.05, 0) is 65.9 Å². The molecule has 94 valence electrons. The van der Waals surface area contributed by atoms with Crippen LogP contribution in [-0.4, -0.2) is 11.8 Å². The zero-order valence-electron chi connectivity index (χ0n) is 10.2. The molecule has 1 heterocycles. The van der Waals surface area contributed by atoms with Crippen molar-refractivity contribution in [3.8, 4) is 0 Å². The fourth-order valence-electron chi connectivity index (χ4n) is 2.18. The number of anilines is 1. The number of rotatable bonds is 1. The second-order valence-corrected chi connectivity index (χ2v) is 5.72. The van der Waals surface area contributed by atoms with Crippen LogP contribution < -0.4 is 4.90 Å². The molecule has 1 aliphatic rings. The number of benzene rings is 2. The van der Waals surface area contributed by atoms with Crippen molar-refractivity contribution in [3.05, 3.63) is 62.7 Å². The summed E-state index contributed by atoms with van der Waals surface area (Å²) in [5.74, 6) is -0.494. The highest BCUT2D eigenvalue weighted by Crippen LogP contribution is 2.29. The summed E-state index contributed by atoms with van der Waals surface area (Å²) in [6.07, 6.45) is 0. The Bertz CT molecular complexity index is 692. The van der Waals surface area contributed by atoms with E-state index in [9.17, 15) is 9.59 Å². The topological polar surface area (TPSA) is 37.4 Å². The number of amides is 2. The molecular formula is C15H10INO2. The molecule has 0 radical (unpaired) electrons. The lowest BCUT2D eigenvalue weighted by molar-refractivity contribution is 0.0926. The van der Waals surface area contributed by atoms with E-state index in [-0.39, 0.29) is 11.8 Å². The Morgan fingerprint density at radius 1 is 0.895 bits per heavy atom. The van der Waals surface area contributed by atoms with Crippen molar-refractivity contribution in [2.24, 2.45) is 0 Å². The molecule has 3 rings (SSSR count). The van der Waals surface area contributed by atoms with Gasteiger partial charge in [-0.2, -0.15) is 0 Å². The molecule has 2 aromatic rings. The number of fused-ring (bicyclic) bond motifs is 1. The molecule has 0 spiro atoms. The Morgan fingerprint density at radius 3 is 2.21 bits per heavy atom. The first-order valence-corrected chi connectivity index (χ1v) is 6.91. The fraction of sp³-hybridized carbons (Fsp3) is 0.0667. The third-order valence-electron chi connectivity index (χ3n) is 3.13. The molecule has 0 aromatic heterocycles. The van der Waals surface area contributed by atoms with Gasteiger partial charge in [0, 0.05) is 3.57 Å². The average Bonchev–Trinajstić information content (AvgIpc) is 2.63. The van der Waals surface area contributed by atoms with Gasteiger partial charge in [-0.15, -0.1) is 0 Å². The summed E-state index contributed by atoms with van der Waals surface area (Å²) in [6.45, 7) is 1.91. The van der Waals surface area contributed by atoms with Crippen molar-refractivity contribution in [2.75, 3.05) is 4.90 Å². The summed E-state index contributed by atoms with van der Waals surface area (Å²) in [6, 6.07) is 12.7. The van der Waals surface area contributed by atoms with Gasteiger partial charge in [0.15, 0.2) is 0 Å². The van der Waals surface area contributed by atoms with E-state index in [1.54, 1.807) is 24.3 Å². The van der Waals surface area contributed by atoms with Crippen LogP contribution in [0.2, 0.25) is 0 Å². The summed E-state index contributed by atoms with van der Waals surface area (Å²) < 4.78 is 1.06. The van der Waals surface area contributed by atoms with Crippen molar-refractivity contribution < 1.29 is 9.59 Å². The monoisotopic (exact) mass is 363 g/mol. The molecule has 2 aromatic carbocycles. The predicted molar refractivity (Wildman–Crippen MR) is 81.5 cm³/mol.